The van der Waals surface area contributed by atoms with E-state index in [0.717, 1.165) is 17.0 Å². The monoisotopic (exact) mass is 491 g/mol. The predicted octanol–water partition coefficient (Wildman–Crippen LogP) is 4.02. The Morgan fingerprint density at radius 1 is 1.09 bits per heavy atom. The molecule has 2 heterocycles. The van der Waals surface area contributed by atoms with Crippen LogP contribution in [0.25, 0.3) is 0 Å². The van der Waals surface area contributed by atoms with Crippen molar-refractivity contribution in [3.05, 3.63) is 64.4 Å². The molecule has 1 fully saturated rings. The number of piperazine rings is 1. The van der Waals surface area contributed by atoms with Gasteiger partial charge in [-0.25, -0.2) is 4.39 Å². The first kappa shape index (κ1) is 22.5. The first-order valence-corrected chi connectivity index (χ1v) is 12.0. The van der Waals surface area contributed by atoms with Crippen molar-refractivity contribution in [2.75, 3.05) is 42.1 Å². The maximum absolute atomic E-state index is 13.1. The second kappa shape index (κ2) is 10.3. The number of hydrogen-bond acceptors (Lipinski definition) is 7. The van der Waals surface area contributed by atoms with Gasteiger partial charge < -0.3 is 15.1 Å². The quantitative estimate of drug-likeness (QED) is 0.525. The van der Waals surface area contributed by atoms with Crippen molar-refractivity contribution in [3.63, 3.8) is 0 Å². The second-order valence-electron chi connectivity index (χ2n) is 6.97. The molecule has 0 aliphatic carbocycles. The highest BCUT2D eigenvalue weighted by Crippen LogP contribution is 2.24. The van der Waals surface area contributed by atoms with E-state index in [0.29, 0.717) is 41.2 Å². The molecule has 4 rings (SSSR count). The molecule has 11 heteroatoms. The van der Waals surface area contributed by atoms with Crippen molar-refractivity contribution < 1.29 is 14.0 Å². The maximum atomic E-state index is 13.1. The summed E-state index contributed by atoms with van der Waals surface area (Å²) in [6.07, 6.45) is 0. The van der Waals surface area contributed by atoms with Gasteiger partial charge in [0.25, 0.3) is 5.91 Å². The SMILES string of the molecule is O=C(Nc1cccc(Cl)c1)c1nnc(SCC(=O)N2CCN(c3ccc(F)cc3)CC2)s1. The fraction of sp³-hybridized carbons (Fsp3) is 0.238. The van der Waals surface area contributed by atoms with E-state index in [1.54, 1.807) is 41.3 Å². The Hall–Kier alpha value is -2.69. The van der Waals surface area contributed by atoms with Crippen LogP contribution in [0.3, 0.4) is 0 Å². The standard InChI is InChI=1S/C21H19ClFN5O2S2/c22-14-2-1-3-16(12-14)24-19(30)20-25-26-21(32-20)31-13-18(29)28-10-8-27(9-11-28)17-6-4-15(23)5-7-17/h1-7,12H,8-11,13H2,(H,24,30). The van der Waals surface area contributed by atoms with Crippen LogP contribution in [0.15, 0.2) is 52.9 Å². The average molecular weight is 492 g/mol. The number of benzene rings is 2. The molecule has 166 valence electrons. The molecular weight excluding hydrogens is 473 g/mol. The molecule has 0 radical (unpaired) electrons. The Labute approximate surface area is 197 Å². The molecule has 1 N–H and O–H groups in total. The Kier molecular flexibility index (Phi) is 7.23. The number of carbonyl (C=O) groups excluding carboxylic acids is 2. The summed E-state index contributed by atoms with van der Waals surface area (Å²) in [6.45, 7) is 2.57. The Balaban J connectivity index is 1.24. The number of nitrogens with one attached hydrogen (secondary N) is 1. The first-order chi connectivity index (χ1) is 15.5. The minimum Gasteiger partial charge on any atom is -0.368 e. The lowest BCUT2D eigenvalue weighted by Gasteiger charge is -2.36. The summed E-state index contributed by atoms with van der Waals surface area (Å²) in [5.74, 6) is -0.406. The Bertz CT molecular complexity index is 1100. The highest BCUT2D eigenvalue weighted by molar-refractivity contribution is 8.01. The fourth-order valence-corrected chi connectivity index (χ4v) is 5.03. The molecule has 1 aliphatic rings. The summed E-state index contributed by atoms with van der Waals surface area (Å²) < 4.78 is 13.7. The number of amides is 2. The average Bonchev–Trinajstić information content (AvgIpc) is 3.27. The van der Waals surface area contributed by atoms with Crippen molar-refractivity contribution in [3.8, 4) is 0 Å². The number of rotatable bonds is 6. The molecule has 1 saturated heterocycles. The zero-order valence-corrected chi connectivity index (χ0v) is 19.2. The minimum absolute atomic E-state index is 0.00823. The molecule has 0 unspecified atom stereocenters. The van der Waals surface area contributed by atoms with Crippen molar-refractivity contribution in [1.29, 1.82) is 0 Å². The third-order valence-corrected chi connectivity index (χ3v) is 7.10. The van der Waals surface area contributed by atoms with Gasteiger partial charge in [0.2, 0.25) is 10.9 Å². The Morgan fingerprint density at radius 2 is 1.84 bits per heavy atom. The highest BCUT2D eigenvalue weighted by atomic mass is 35.5. The van der Waals surface area contributed by atoms with Gasteiger partial charge in [-0.2, -0.15) is 0 Å². The van der Waals surface area contributed by atoms with E-state index in [-0.39, 0.29) is 28.4 Å². The van der Waals surface area contributed by atoms with Crippen LogP contribution in [-0.4, -0.2) is 58.8 Å². The largest absolute Gasteiger partial charge is 0.368 e. The van der Waals surface area contributed by atoms with Gasteiger partial charge in [0.15, 0.2) is 4.34 Å². The fourth-order valence-electron chi connectivity index (χ4n) is 3.19. The molecular formula is C21H19ClFN5O2S2. The van der Waals surface area contributed by atoms with E-state index in [1.165, 1.54) is 23.9 Å². The Morgan fingerprint density at radius 3 is 2.56 bits per heavy atom. The van der Waals surface area contributed by atoms with Gasteiger partial charge in [0.1, 0.15) is 5.82 Å². The molecule has 0 spiro atoms. The molecule has 1 aliphatic heterocycles. The van der Waals surface area contributed by atoms with E-state index < -0.39 is 0 Å². The van der Waals surface area contributed by atoms with Crippen LogP contribution < -0.4 is 10.2 Å². The van der Waals surface area contributed by atoms with Crippen LogP contribution >= 0.6 is 34.7 Å². The highest BCUT2D eigenvalue weighted by Gasteiger charge is 2.22. The number of nitrogens with zero attached hydrogens (tertiary/aromatic N) is 4. The van der Waals surface area contributed by atoms with Gasteiger partial charge in [-0.15, -0.1) is 10.2 Å². The third kappa shape index (κ3) is 5.76. The minimum atomic E-state index is -0.375. The summed E-state index contributed by atoms with van der Waals surface area (Å²) in [4.78, 5) is 28.8. The predicted molar refractivity (Wildman–Crippen MR) is 125 cm³/mol. The van der Waals surface area contributed by atoms with Gasteiger partial charge in [-0.05, 0) is 42.5 Å². The molecule has 3 aromatic rings. The zero-order chi connectivity index (χ0) is 22.5. The topological polar surface area (TPSA) is 78.4 Å². The molecule has 0 saturated carbocycles. The number of thioether (sulfide) groups is 1. The number of carbonyl (C=O) groups is 2. The lowest BCUT2D eigenvalue weighted by atomic mass is 10.2. The van der Waals surface area contributed by atoms with Crippen molar-refractivity contribution in [2.45, 2.75) is 4.34 Å². The van der Waals surface area contributed by atoms with E-state index in [1.807, 2.05) is 0 Å². The van der Waals surface area contributed by atoms with Gasteiger partial charge in [0, 0.05) is 42.6 Å². The van der Waals surface area contributed by atoms with Crippen molar-refractivity contribution in [2.24, 2.45) is 0 Å². The molecule has 0 atom stereocenters. The number of anilines is 2. The molecule has 2 aromatic carbocycles. The first-order valence-electron chi connectivity index (χ1n) is 9.79. The summed E-state index contributed by atoms with van der Waals surface area (Å²) in [6, 6.07) is 13.2. The molecule has 2 amide bonds. The lowest BCUT2D eigenvalue weighted by Crippen LogP contribution is -2.49. The third-order valence-electron chi connectivity index (χ3n) is 4.83. The number of halogens is 2. The number of hydrogen-bond donors (Lipinski definition) is 1. The molecule has 32 heavy (non-hydrogen) atoms. The smallest absolute Gasteiger partial charge is 0.286 e. The van der Waals surface area contributed by atoms with E-state index in [4.69, 9.17) is 11.6 Å². The maximum Gasteiger partial charge on any atom is 0.286 e. The van der Waals surface area contributed by atoms with Crippen LogP contribution in [-0.2, 0) is 4.79 Å². The molecule has 7 nitrogen and oxygen atoms in total. The van der Waals surface area contributed by atoms with Crippen LogP contribution in [0.1, 0.15) is 9.80 Å². The summed E-state index contributed by atoms with van der Waals surface area (Å²) in [7, 11) is 0. The molecule has 0 bridgehead atoms. The van der Waals surface area contributed by atoms with Crippen molar-refractivity contribution >= 4 is 57.9 Å². The van der Waals surface area contributed by atoms with Crippen LogP contribution in [0, 0.1) is 5.82 Å². The van der Waals surface area contributed by atoms with Crippen molar-refractivity contribution in [1.82, 2.24) is 15.1 Å². The van der Waals surface area contributed by atoms with Gasteiger partial charge in [0.05, 0.1) is 5.75 Å². The summed E-state index contributed by atoms with van der Waals surface area (Å²) in [5.41, 5.74) is 1.52. The second-order valence-corrected chi connectivity index (χ2v) is 9.61. The summed E-state index contributed by atoms with van der Waals surface area (Å²) >= 11 is 8.33. The zero-order valence-electron chi connectivity index (χ0n) is 16.8. The lowest BCUT2D eigenvalue weighted by molar-refractivity contribution is -0.128. The van der Waals surface area contributed by atoms with E-state index in [9.17, 15) is 14.0 Å². The van der Waals surface area contributed by atoms with Crippen LogP contribution in [0.5, 0.6) is 0 Å². The molecule has 1 aromatic heterocycles. The van der Waals surface area contributed by atoms with Gasteiger partial charge >= 0.3 is 0 Å². The van der Waals surface area contributed by atoms with Crippen LogP contribution in [0.2, 0.25) is 5.02 Å². The summed E-state index contributed by atoms with van der Waals surface area (Å²) in [5, 5.41) is 11.4. The normalized spacial score (nSPS) is 13.8. The van der Waals surface area contributed by atoms with Gasteiger partial charge in [-0.3, -0.25) is 9.59 Å². The van der Waals surface area contributed by atoms with Gasteiger partial charge in [-0.1, -0.05) is 40.8 Å². The van der Waals surface area contributed by atoms with E-state index in [2.05, 4.69) is 20.4 Å². The number of aromatic nitrogens is 2. The van der Waals surface area contributed by atoms with E-state index >= 15 is 0 Å². The van der Waals surface area contributed by atoms with Crippen LogP contribution in [0.4, 0.5) is 15.8 Å².